The van der Waals surface area contributed by atoms with Gasteiger partial charge in [0, 0.05) is 24.2 Å². The van der Waals surface area contributed by atoms with E-state index in [2.05, 4.69) is 25.7 Å². The van der Waals surface area contributed by atoms with Crippen molar-refractivity contribution in [1.82, 2.24) is 4.90 Å². The van der Waals surface area contributed by atoms with Crippen molar-refractivity contribution in [2.24, 2.45) is 10.8 Å². The topological polar surface area (TPSA) is 29.5 Å². The third kappa shape index (κ3) is 3.29. The Morgan fingerprint density at radius 1 is 1.26 bits per heavy atom. The summed E-state index contributed by atoms with van der Waals surface area (Å²) < 4.78 is 5.34. The van der Waals surface area contributed by atoms with E-state index in [9.17, 15) is 4.79 Å². The number of rotatable bonds is 3. The van der Waals surface area contributed by atoms with Crippen LogP contribution in [-0.4, -0.2) is 30.5 Å². The zero-order valence-electron chi connectivity index (χ0n) is 14.6. The van der Waals surface area contributed by atoms with Crippen LogP contribution in [0.15, 0.2) is 30.3 Å². The zero-order valence-corrected chi connectivity index (χ0v) is 14.6. The summed E-state index contributed by atoms with van der Waals surface area (Å²) in [6.07, 6.45) is 7.03. The van der Waals surface area contributed by atoms with Crippen molar-refractivity contribution < 1.29 is 9.53 Å². The SMILES string of the molecule is COc1ccccc1C=CC(=O)N1CC2(C)CC1CC(C)(C)C2. The number of amides is 1. The summed E-state index contributed by atoms with van der Waals surface area (Å²) in [5.74, 6) is 0.923. The summed E-state index contributed by atoms with van der Waals surface area (Å²) in [7, 11) is 1.65. The highest BCUT2D eigenvalue weighted by atomic mass is 16.5. The monoisotopic (exact) mass is 313 g/mol. The minimum Gasteiger partial charge on any atom is -0.496 e. The molecular weight excluding hydrogens is 286 g/mol. The number of hydrogen-bond acceptors (Lipinski definition) is 2. The summed E-state index contributed by atoms with van der Waals surface area (Å²) in [4.78, 5) is 14.8. The molecule has 2 aliphatic rings. The molecule has 3 rings (SSSR count). The zero-order chi connectivity index (χ0) is 16.7. The van der Waals surface area contributed by atoms with Crippen molar-refractivity contribution >= 4 is 12.0 Å². The summed E-state index contributed by atoms with van der Waals surface area (Å²) in [5.41, 5.74) is 1.55. The predicted octanol–water partition coefficient (Wildman–Crippen LogP) is 4.14. The molecule has 0 N–H and O–H groups in total. The number of benzene rings is 1. The molecule has 1 heterocycles. The molecule has 3 nitrogen and oxygen atoms in total. The first-order valence-corrected chi connectivity index (χ1v) is 8.44. The van der Waals surface area contributed by atoms with Crippen molar-refractivity contribution in [3.05, 3.63) is 35.9 Å². The van der Waals surface area contributed by atoms with Crippen LogP contribution >= 0.6 is 0 Å². The number of carbonyl (C=O) groups is 1. The van der Waals surface area contributed by atoms with Crippen LogP contribution < -0.4 is 4.74 Å². The van der Waals surface area contributed by atoms with Crippen molar-refractivity contribution in [2.75, 3.05) is 13.7 Å². The molecule has 0 spiro atoms. The molecule has 3 heteroatoms. The number of para-hydroxylation sites is 1. The molecule has 1 aliphatic carbocycles. The molecule has 1 aromatic carbocycles. The molecular formula is C20H27NO2. The minimum absolute atomic E-state index is 0.127. The second-order valence-corrected chi connectivity index (χ2v) is 8.26. The standard InChI is InChI=1S/C20H27NO2/c1-19(2)11-16-12-20(3,13-19)14-21(16)18(22)10-9-15-7-5-6-8-17(15)23-4/h5-10,16H,11-14H2,1-4H3. The molecule has 1 amide bonds. The summed E-state index contributed by atoms with van der Waals surface area (Å²) in [6.45, 7) is 7.88. The van der Waals surface area contributed by atoms with Gasteiger partial charge < -0.3 is 9.64 Å². The van der Waals surface area contributed by atoms with Crippen molar-refractivity contribution in [3.8, 4) is 5.75 Å². The van der Waals surface area contributed by atoms with Crippen LogP contribution in [0.4, 0.5) is 0 Å². The average Bonchev–Trinajstić information content (AvgIpc) is 2.74. The highest BCUT2D eigenvalue weighted by Crippen LogP contribution is 2.52. The quantitative estimate of drug-likeness (QED) is 0.785. The third-order valence-electron chi connectivity index (χ3n) is 5.24. The maximum Gasteiger partial charge on any atom is 0.246 e. The Balaban J connectivity index is 1.76. The fourth-order valence-corrected chi connectivity index (χ4v) is 4.78. The number of nitrogens with zero attached hydrogens (tertiary/aromatic N) is 1. The molecule has 124 valence electrons. The van der Waals surface area contributed by atoms with Gasteiger partial charge in [0.2, 0.25) is 5.91 Å². The van der Waals surface area contributed by atoms with Crippen LogP contribution in [0.25, 0.3) is 6.08 Å². The fraction of sp³-hybridized carbons (Fsp3) is 0.550. The van der Waals surface area contributed by atoms with E-state index < -0.39 is 0 Å². The van der Waals surface area contributed by atoms with Crippen LogP contribution in [0, 0.1) is 10.8 Å². The predicted molar refractivity (Wildman–Crippen MR) is 93.3 cm³/mol. The third-order valence-corrected chi connectivity index (χ3v) is 5.24. The average molecular weight is 313 g/mol. The maximum atomic E-state index is 12.7. The van der Waals surface area contributed by atoms with E-state index in [0.717, 1.165) is 30.7 Å². The first kappa shape index (κ1) is 16.1. The van der Waals surface area contributed by atoms with Gasteiger partial charge in [-0.05, 0) is 42.2 Å². The van der Waals surface area contributed by atoms with Crippen molar-refractivity contribution in [3.63, 3.8) is 0 Å². The van der Waals surface area contributed by atoms with Crippen LogP contribution in [0.5, 0.6) is 5.75 Å². The Hall–Kier alpha value is -1.77. The maximum absolute atomic E-state index is 12.7. The van der Waals surface area contributed by atoms with E-state index in [-0.39, 0.29) is 11.3 Å². The summed E-state index contributed by atoms with van der Waals surface area (Å²) in [5, 5.41) is 0. The van der Waals surface area contributed by atoms with Gasteiger partial charge in [-0.3, -0.25) is 4.79 Å². The molecule has 1 aliphatic heterocycles. The van der Waals surface area contributed by atoms with Crippen LogP contribution in [0.1, 0.15) is 45.6 Å². The van der Waals surface area contributed by atoms with Gasteiger partial charge in [-0.15, -0.1) is 0 Å². The summed E-state index contributed by atoms with van der Waals surface area (Å²) >= 11 is 0. The Labute approximate surface area is 139 Å². The van der Waals surface area contributed by atoms with Crippen LogP contribution in [-0.2, 0) is 4.79 Å². The van der Waals surface area contributed by atoms with Gasteiger partial charge in [-0.1, -0.05) is 39.0 Å². The normalized spacial score (nSPS) is 29.0. The van der Waals surface area contributed by atoms with E-state index >= 15 is 0 Å². The minimum atomic E-state index is 0.127. The lowest BCUT2D eigenvalue weighted by atomic mass is 9.65. The Bertz CT molecular complexity index is 634. The Morgan fingerprint density at radius 2 is 2.00 bits per heavy atom. The molecule has 2 unspecified atom stereocenters. The molecule has 0 aromatic heterocycles. The molecule has 2 bridgehead atoms. The molecule has 23 heavy (non-hydrogen) atoms. The molecule has 2 fully saturated rings. The first-order chi connectivity index (χ1) is 10.8. The van der Waals surface area contributed by atoms with Gasteiger partial charge in [0.1, 0.15) is 5.75 Å². The van der Waals surface area contributed by atoms with Crippen molar-refractivity contribution in [1.29, 1.82) is 0 Å². The second kappa shape index (κ2) is 5.70. The molecule has 1 saturated carbocycles. The lowest BCUT2D eigenvalue weighted by Crippen LogP contribution is -2.36. The van der Waals surface area contributed by atoms with E-state index in [1.807, 2.05) is 30.3 Å². The van der Waals surface area contributed by atoms with Gasteiger partial charge >= 0.3 is 0 Å². The Morgan fingerprint density at radius 3 is 2.74 bits per heavy atom. The highest BCUT2D eigenvalue weighted by molar-refractivity contribution is 5.92. The molecule has 0 radical (unpaired) electrons. The van der Waals surface area contributed by atoms with Gasteiger partial charge in [0.05, 0.1) is 7.11 Å². The Kier molecular flexibility index (Phi) is 3.99. The molecule has 1 aromatic rings. The van der Waals surface area contributed by atoms with E-state index in [1.54, 1.807) is 13.2 Å². The van der Waals surface area contributed by atoms with E-state index in [4.69, 9.17) is 4.74 Å². The van der Waals surface area contributed by atoms with Crippen molar-refractivity contribution in [2.45, 2.75) is 46.1 Å². The summed E-state index contributed by atoms with van der Waals surface area (Å²) in [6, 6.07) is 8.16. The largest absolute Gasteiger partial charge is 0.496 e. The number of ether oxygens (including phenoxy) is 1. The lowest BCUT2D eigenvalue weighted by Gasteiger charge is -2.39. The molecule has 2 atom stereocenters. The number of carbonyl (C=O) groups excluding carboxylic acids is 1. The van der Waals surface area contributed by atoms with Gasteiger partial charge in [-0.2, -0.15) is 0 Å². The number of hydrogen-bond donors (Lipinski definition) is 0. The number of methoxy groups -OCH3 is 1. The fourth-order valence-electron chi connectivity index (χ4n) is 4.78. The van der Waals surface area contributed by atoms with E-state index in [0.29, 0.717) is 11.5 Å². The lowest BCUT2D eigenvalue weighted by molar-refractivity contribution is -0.127. The van der Waals surface area contributed by atoms with Gasteiger partial charge in [0.15, 0.2) is 0 Å². The number of likely N-dealkylation sites (tertiary alicyclic amines) is 1. The van der Waals surface area contributed by atoms with E-state index in [1.165, 1.54) is 6.42 Å². The second-order valence-electron chi connectivity index (χ2n) is 8.26. The molecule has 1 saturated heterocycles. The first-order valence-electron chi connectivity index (χ1n) is 8.44. The highest BCUT2D eigenvalue weighted by Gasteiger charge is 2.50. The van der Waals surface area contributed by atoms with Crippen LogP contribution in [0.2, 0.25) is 0 Å². The van der Waals surface area contributed by atoms with Crippen LogP contribution in [0.3, 0.4) is 0 Å². The van der Waals surface area contributed by atoms with Gasteiger partial charge in [0.25, 0.3) is 0 Å². The van der Waals surface area contributed by atoms with Gasteiger partial charge in [-0.25, -0.2) is 0 Å². The number of fused-ring (bicyclic) bond motifs is 2. The smallest absolute Gasteiger partial charge is 0.246 e.